The zero-order valence-corrected chi connectivity index (χ0v) is 9.07. The van der Waals surface area contributed by atoms with Gasteiger partial charge in [-0.1, -0.05) is 20.3 Å². The van der Waals surface area contributed by atoms with Crippen LogP contribution in [0.25, 0.3) is 0 Å². The second kappa shape index (κ2) is 4.41. The fraction of sp³-hybridized carbons (Fsp3) is 1.00. The lowest BCUT2D eigenvalue weighted by molar-refractivity contribution is 0.185. The third-order valence-electron chi connectivity index (χ3n) is 2.96. The molecule has 1 aliphatic carbocycles. The van der Waals surface area contributed by atoms with Crippen LogP contribution in [0.1, 0.15) is 46.5 Å². The number of hydrogen-bond donors (Lipinski definition) is 1. The highest BCUT2D eigenvalue weighted by molar-refractivity contribution is 4.84. The Morgan fingerprint density at radius 1 is 1.54 bits per heavy atom. The van der Waals surface area contributed by atoms with E-state index in [4.69, 9.17) is 0 Å². The van der Waals surface area contributed by atoms with E-state index in [1.165, 1.54) is 25.7 Å². The molecule has 2 heteroatoms. The van der Waals surface area contributed by atoms with E-state index in [0.29, 0.717) is 11.5 Å². The molecule has 0 bridgehead atoms. The second-order valence-electron chi connectivity index (χ2n) is 5.18. The van der Waals surface area contributed by atoms with Gasteiger partial charge in [-0.05, 0) is 31.6 Å². The van der Waals surface area contributed by atoms with Crippen LogP contribution in [0.3, 0.4) is 0 Å². The zero-order chi connectivity index (χ0) is 9.90. The van der Waals surface area contributed by atoms with Crippen LogP contribution in [-0.4, -0.2) is 18.8 Å². The Balaban J connectivity index is 2.34. The average Bonchev–Trinajstić information content (AvgIpc) is 2.02. The number of rotatable bonds is 3. The van der Waals surface area contributed by atoms with Crippen molar-refractivity contribution in [1.82, 2.24) is 5.32 Å². The normalized spacial score (nSPS) is 30.0. The van der Waals surface area contributed by atoms with Crippen molar-refractivity contribution in [3.8, 4) is 0 Å². The highest BCUT2D eigenvalue weighted by atomic mass is 19.1. The molecule has 0 saturated heterocycles. The van der Waals surface area contributed by atoms with E-state index in [1.54, 1.807) is 0 Å². The Kier molecular flexibility index (Phi) is 3.72. The van der Waals surface area contributed by atoms with Crippen LogP contribution in [0, 0.1) is 5.41 Å². The minimum Gasteiger partial charge on any atom is -0.309 e. The molecule has 0 aromatic rings. The summed E-state index contributed by atoms with van der Waals surface area (Å²) in [5, 5.41) is 3.35. The molecule has 1 unspecified atom stereocenters. The van der Waals surface area contributed by atoms with Crippen molar-refractivity contribution in [3.05, 3.63) is 0 Å². The van der Waals surface area contributed by atoms with Crippen LogP contribution in [0.5, 0.6) is 0 Å². The second-order valence-corrected chi connectivity index (χ2v) is 5.18. The first-order valence-corrected chi connectivity index (χ1v) is 5.35. The first-order chi connectivity index (χ1) is 6.03. The summed E-state index contributed by atoms with van der Waals surface area (Å²) >= 11 is 0. The monoisotopic (exact) mass is 187 g/mol. The molecule has 1 saturated carbocycles. The van der Waals surface area contributed by atoms with Gasteiger partial charge in [0.05, 0.1) is 0 Å². The maximum atomic E-state index is 12.3. The van der Waals surface area contributed by atoms with Gasteiger partial charge in [0.1, 0.15) is 6.67 Å². The first kappa shape index (κ1) is 11.0. The predicted octanol–water partition coefficient (Wildman–Crippen LogP) is 2.90. The predicted molar refractivity (Wildman–Crippen MR) is 54.6 cm³/mol. The fourth-order valence-corrected chi connectivity index (χ4v) is 2.29. The van der Waals surface area contributed by atoms with E-state index >= 15 is 0 Å². The highest BCUT2D eigenvalue weighted by Crippen LogP contribution is 2.35. The van der Waals surface area contributed by atoms with Crippen molar-refractivity contribution in [2.75, 3.05) is 6.67 Å². The lowest BCUT2D eigenvalue weighted by Gasteiger charge is -2.36. The molecule has 0 heterocycles. The molecule has 1 rings (SSSR count). The van der Waals surface area contributed by atoms with E-state index < -0.39 is 0 Å². The van der Waals surface area contributed by atoms with Crippen LogP contribution in [0.2, 0.25) is 0 Å². The quantitative estimate of drug-likeness (QED) is 0.716. The molecule has 13 heavy (non-hydrogen) atoms. The lowest BCUT2D eigenvalue weighted by atomic mass is 9.75. The molecule has 78 valence electrons. The standard InChI is InChI=1S/C11H22FN/c1-9(8-12)13-10-5-4-6-11(2,3)7-10/h9-10,13H,4-8H2,1-3H3/t9-,10?/m0/s1. The number of alkyl halides is 1. The summed E-state index contributed by atoms with van der Waals surface area (Å²) in [5.74, 6) is 0. The average molecular weight is 187 g/mol. The van der Waals surface area contributed by atoms with Crippen molar-refractivity contribution >= 4 is 0 Å². The van der Waals surface area contributed by atoms with Crippen molar-refractivity contribution in [3.63, 3.8) is 0 Å². The summed E-state index contributed by atoms with van der Waals surface area (Å²) in [6.45, 7) is 6.28. The van der Waals surface area contributed by atoms with Gasteiger partial charge >= 0.3 is 0 Å². The lowest BCUT2D eigenvalue weighted by Crippen LogP contribution is -2.42. The van der Waals surface area contributed by atoms with Gasteiger partial charge in [-0.25, -0.2) is 4.39 Å². The molecule has 1 N–H and O–H groups in total. The van der Waals surface area contributed by atoms with Gasteiger partial charge < -0.3 is 5.32 Å². The molecule has 0 aromatic heterocycles. The van der Waals surface area contributed by atoms with Crippen LogP contribution < -0.4 is 5.32 Å². The van der Waals surface area contributed by atoms with Crippen LogP contribution >= 0.6 is 0 Å². The molecule has 0 radical (unpaired) electrons. The summed E-state index contributed by atoms with van der Waals surface area (Å²) in [6.07, 6.45) is 5.00. The van der Waals surface area contributed by atoms with Crippen LogP contribution in [-0.2, 0) is 0 Å². The van der Waals surface area contributed by atoms with Gasteiger partial charge in [-0.3, -0.25) is 0 Å². The Morgan fingerprint density at radius 3 is 2.77 bits per heavy atom. The summed E-state index contributed by atoms with van der Waals surface area (Å²) in [5.41, 5.74) is 0.450. The number of hydrogen-bond acceptors (Lipinski definition) is 1. The molecule has 2 atom stereocenters. The largest absolute Gasteiger partial charge is 0.309 e. The minimum atomic E-state index is -0.253. The minimum absolute atomic E-state index is 0.0268. The van der Waals surface area contributed by atoms with Gasteiger partial charge in [0.25, 0.3) is 0 Å². The third kappa shape index (κ3) is 3.63. The third-order valence-corrected chi connectivity index (χ3v) is 2.96. The molecule has 1 nitrogen and oxygen atoms in total. The van der Waals surface area contributed by atoms with Crippen molar-refractivity contribution in [2.24, 2.45) is 5.41 Å². The molecule has 0 amide bonds. The van der Waals surface area contributed by atoms with Crippen molar-refractivity contribution in [2.45, 2.75) is 58.5 Å². The van der Waals surface area contributed by atoms with E-state index in [0.717, 1.165) is 0 Å². The topological polar surface area (TPSA) is 12.0 Å². The van der Waals surface area contributed by atoms with Gasteiger partial charge in [-0.15, -0.1) is 0 Å². The van der Waals surface area contributed by atoms with Crippen molar-refractivity contribution in [1.29, 1.82) is 0 Å². The van der Waals surface area contributed by atoms with Crippen molar-refractivity contribution < 1.29 is 4.39 Å². The molecular formula is C11H22FN. The fourth-order valence-electron chi connectivity index (χ4n) is 2.29. The maximum Gasteiger partial charge on any atom is 0.104 e. The Labute approximate surface area is 81.1 Å². The SMILES string of the molecule is C[C@@H](CF)NC1CCCC(C)(C)C1. The summed E-state index contributed by atoms with van der Waals surface area (Å²) < 4.78 is 12.3. The zero-order valence-electron chi connectivity index (χ0n) is 9.07. The van der Waals surface area contributed by atoms with E-state index in [-0.39, 0.29) is 12.7 Å². The van der Waals surface area contributed by atoms with Crippen LogP contribution in [0.15, 0.2) is 0 Å². The molecule has 0 aromatic carbocycles. The maximum absolute atomic E-state index is 12.3. The summed E-state index contributed by atoms with van der Waals surface area (Å²) in [6, 6.07) is 0.563. The molecule has 0 spiro atoms. The number of nitrogens with one attached hydrogen (secondary N) is 1. The van der Waals surface area contributed by atoms with Crippen LogP contribution in [0.4, 0.5) is 4.39 Å². The molecule has 0 aliphatic heterocycles. The Morgan fingerprint density at radius 2 is 2.23 bits per heavy atom. The number of halogens is 1. The first-order valence-electron chi connectivity index (χ1n) is 5.35. The Hall–Kier alpha value is -0.110. The molecule has 1 fully saturated rings. The summed E-state index contributed by atoms with van der Waals surface area (Å²) in [4.78, 5) is 0. The summed E-state index contributed by atoms with van der Waals surface area (Å²) in [7, 11) is 0. The molecular weight excluding hydrogens is 165 g/mol. The van der Waals surface area contributed by atoms with E-state index in [2.05, 4.69) is 19.2 Å². The van der Waals surface area contributed by atoms with Gasteiger partial charge in [0, 0.05) is 12.1 Å². The smallest absolute Gasteiger partial charge is 0.104 e. The Bertz CT molecular complexity index is 156. The highest BCUT2D eigenvalue weighted by Gasteiger charge is 2.28. The van der Waals surface area contributed by atoms with Gasteiger partial charge in [-0.2, -0.15) is 0 Å². The molecule has 1 aliphatic rings. The van der Waals surface area contributed by atoms with Gasteiger partial charge in [0.2, 0.25) is 0 Å². The van der Waals surface area contributed by atoms with E-state index in [1.807, 2.05) is 6.92 Å². The van der Waals surface area contributed by atoms with Gasteiger partial charge in [0.15, 0.2) is 0 Å². The van der Waals surface area contributed by atoms with E-state index in [9.17, 15) is 4.39 Å².